The first-order valence-corrected chi connectivity index (χ1v) is 21.2. The van der Waals surface area contributed by atoms with Crippen LogP contribution in [0.3, 0.4) is 0 Å². The number of rotatable bonds is 7. The van der Waals surface area contributed by atoms with Crippen LogP contribution in [-0.4, -0.2) is 4.57 Å². The summed E-state index contributed by atoms with van der Waals surface area (Å²) in [5, 5.41) is 4.51. The summed E-state index contributed by atoms with van der Waals surface area (Å²) in [6, 6.07) is 75.7. The summed E-state index contributed by atoms with van der Waals surface area (Å²) in [5.74, 6) is 1.82. The van der Waals surface area contributed by atoms with Crippen molar-refractivity contribution >= 4 is 66.6 Å². The number of nitrogens with zero attached hydrogens (tertiary/aromatic N) is 2. The Morgan fingerprint density at radius 1 is 0.435 bits per heavy atom. The molecule has 0 spiro atoms. The minimum Gasteiger partial charge on any atom is -0.456 e. The molecule has 0 fully saturated rings. The summed E-state index contributed by atoms with van der Waals surface area (Å²) < 4.78 is 15.7. The van der Waals surface area contributed by atoms with E-state index in [1.165, 1.54) is 44.1 Å². The Bertz CT molecular complexity index is 3490. The highest BCUT2D eigenvalue weighted by Gasteiger charge is 2.24. The quantitative estimate of drug-likeness (QED) is 0.161. The predicted octanol–water partition coefficient (Wildman–Crippen LogP) is 15.9. The second-order valence-corrected chi connectivity index (χ2v) is 16.2. The summed E-state index contributed by atoms with van der Waals surface area (Å²) in [6.45, 7) is 2.16. The van der Waals surface area contributed by atoms with Crippen LogP contribution >= 0.6 is 0 Å². The monoisotopic (exact) mass is 796 g/mol. The van der Waals surface area contributed by atoms with Crippen molar-refractivity contribution in [3.8, 4) is 33.7 Å². The molecular weight excluding hydrogens is 757 g/mol. The highest BCUT2D eigenvalue weighted by molar-refractivity contribution is 6.11. The zero-order valence-electron chi connectivity index (χ0n) is 34.1. The summed E-state index contributed by atoms with van der Waals surface area (Å²) in [4.78, 5) is 2.36. The Labute approximate surface area is 359 Å². The van der Waals surface area contributed by atoms with Crippen LogP contribution in [-0.2, 0) is 6.42 Å². The third-order valence-corrected chi connectivity index (χ3v) is 12.4. The van der Waals surface area contributed by atoms with Crippen molar-refractivity contribution in [2.75, 3.05) is 4.90 Å². The molecule has 62 heavy (non-hydrogen) atoms. The molecule has 9 aromatic carbocycles. The Kier molecular flexibility index (Phi) is 8.42. The van der Waals surface area contributed by atoms with Gasteiger partial charge in [-0.05, 0) is 119 Å². The number of hydrogen-bond acceptors (Lipinski definition) is 3. The highest BCUT2D eigenvalue weighted by atomic mass is 16.5. The van der Waals surface area contributed by atoms with Crippen LogP contribution in [0.2, 0.25) is 0 Å². The van der Waals surface area contributed by atoms with Crippen LogP contribution in [0.5, 0.6) is 5.75 Å². The van der Waals surface area contributed by atoms with Crippen molar-refractivity contribution in [3.05, 3.63) is 229 Å². The SMILES string of the molecule is CC1=C(c2ccccc2)Oc2c(ccc3oc4cc(-c5ccc(N(c6ccc(-c7ccccc7)cc6)c6ccc7c(c6)c6ccccc6n7-c6ccccc6)cc5)ccc4c23)C1. The van der Waals surface area contributed by atoms with Crippen molar-refractivity contribution in [2.24, 2.45) is 0 Å². The molecule has 11 aromatic rings. The zero-order chi connectivity index (χ0) is 41.1. The molecule has 294 valence electrons. The number of para-hydroxylation sites is 2. The first-order chi connectivity index (χ1) is 30.6. The average Bonchev–Trinajstić information content (AvgIpc) is 3.88. The van der Waals surface area contributed by atoms with E-state index < -0.39 is 0 Å². The summed E-state index contributed by atoms with van der Waals surface area (Å²) in [5.41, 5.74) is 16.5. The molecule has 1 aliphatic heterocycles. The Hall–Kier alpha value is -8.08. The third kappa shape index (κ3) is 5.99. The van der Waals surface area contributed by atoms with E-state index in [1.54, 1.807) is 0 Å². The lowest BCUT2D eigenvalue weighted by molar-refractivity contribution is 0.497. The number of hydrogen-bond donors (Lipinski definition) is 0. The van der Waals surface area contributed by atoms with Crippen LogP contribution in [0.25, 0.3) is 77.4 Å². The molecular formula is C58H40N2O2. The molecule has 12 rings (SSSR count). The minimum absolute atomic E-state index is 0.830. The van der Waals surface area contributed by atoms with Gasteiger partial charge in [0.15, 0.2) is 0 Å². The molecule has 0 saturated heterocycles. The van der Waals surface area contributed by atoms with E-state index >= 15 is 0 Å². The van der Waals surface area contributed by atoms with Crippen LogP contribution in [0.1, 0.15) is 18.1 Å². The molecule has 1 aliphatic rings. The smallest absolute Gasteiger partial charge is 0.142 e. The van der Waals surface area contributed by atoms with Crippen LogP contribution in [0, 0.1) is 0 Å². The molecule has 4 nitrogen and oxygen atoms in total. The van der Waals surface area contributed by atoms with E-state index in [0.717, 1.165) is 79.3 Å². The molecule has 0 aliphatic carbocycles. The van der Waals surface area contributed by atoms with Crippen molar-refractivity contribution < 1.29 is 9.15 Å². The first-order valence-electron chi connectivity index (χ1n) is 21.2. The van der Waals surface area contributed by atoms with E-state index in [4.69, 9.17) is 9.15 Å². The van der Waals surface area contributed by atoms with Gasteiger partial charge in [-0.1, -0.05) is 133 Å². The van der Waals surface area contributed by atoms with E-state index in [-0.39, 0.29) is 0 Å². The van der Waals surface area contributed by atoms with Crippen LogP contribution in [0.15, 0.2) is 222 Å². The van der Waals surface area contributed by atoms with Crippen molar-refractivity contribution in [1.82, 2.24) is 4.57 Å². The minimum atomic E-state index is 0.830. The van der Waals surface area contributed by atoms with Crippen molar-refractivity contribution in [2.45, 2.75) is 13.3 Å². The van der Waals surface area contributed by atoms with Gasteiger partial charge in [-0.25, -0.2) is 0 Å². The molecule has 4 heteroatoms. The van der Waals surface area contributed by atoms with Crippen LogP contribution in [0.4, 0.5) is 17.1 Å². The Morgan fingerprint density at radius 3 is 1.74 bits per heavy atom. The number of ether oxygens (including phenoxy) is 1. The third-order valence-electron chi connectivity index (χ3n) is 12.4. The average molecular weight is 797 g/mol. The largest absolute Gasteiger partial charge is 0.456 e. The maximum atomic E-state index is 6.74. The maximum absolute atomic E-state index is 6.74. The van der Waals surface area contributed by atoms with Gasteiger partial charge in [-0.3, -0.25) is 0 Å². The molecule has 0 atom stereocenters. The highest BCUT2D eigenvalue weighted by Crippen LogP contribution is 2.45. The molecule has 0 N–H and O–H groups in total. The van der Waals surface area contributed by atoms with Gasteiger partial charge in [0.25, 0.3) is 0 Å². The molecule has 2 aromatic heterocycles. The Morgan fingerprint density at radius 2 is 1.02 bits per heavy atom. The number of anilines is 3. The lowest BCUT2D eigenvalue weighted by Crippen LogP contribution is -2.10. The normalized spacial score (nSPS) is 12.6. The standard InChI is InChI=1S/C58H40N2O2/c1-38-35-44-26-34-54-56(58(44)62-57(38)42-15-7-3-8-16-42)50-32-25-43(36-55(50)61-54)41-23-29-47(30-24-41)59(46-27-21-40(22-28-46)39-13-5-2-6-14-39)48-31-33-53-51(37-48)49-19-11-12-20-52(49)60(53)45-17-9-4-10-18-45/h2-34,36-37H,35H2,1H3. The second-order valence-electron chi connectivity index (χ2n) is 16.2. The van der Waals surface area contributed by atoms with Gasteiger partial charge < -0.3 is 18.6 Å². The van der Waals surface area contributed by atoms with Gasteiger partial charge in [0.05, 0.1) is 16.4 Å². The molecule has 0 bridgehead atoms. The lowest BCUT2D eigenvalue weighted by atomic mass is 9.96. The molecule has 0 radical (unpaired) electrons. The van der Waals surface area contributed by atoms with Gasteiger partial charge in [0.2, 0.25) is 0 Å². The summed E-state index contributed by atoms with van der Waals surface area (Å²) in [7, 11) is 0. The Balaban J connectivity index is 0.936. The van der Waals surface area contributed by atoms with Gasteiger partial charge in [-0.15, -0.1) is 0 Å². The number of benzene rings is 9. The van der Waals surface area contributed by atoms with Gasteiger partial charge >= 0.3 is 0 Å². The predicted molar refractivity (Wildman–Crippen MR) is 257 cm³/mol. The van der Waals surface area contributed by atoms with E-state index in [1.807, 2.05) is 6.07 Å². The summed E-state index contributed by atoms with van der Waals surface area (Å²) >= 11 is 0. The van der Waals surface area contributed by atoms with E-state index in [0.29, 0.717) is 0 Å². The van der Waals surface area contributed by atoms with Crippen molar-refractivity contribution in [1.29, 1.82) is 0 Å². The first kappa shape index (κ1) is 35.8. The zero-order valence-corrected chi connectivity index (χ0v) is 34.1. The van der Waals surface area contributed by atoms with Gasteiger partial charge in [0, 0.05) is 50.9 Å². The fourth-order valence-electron chi connectivity index (χ4n) is 9.40. The summed E-state index contributed by atoms with van der Waals surface area (Å²) in [6.07, 6.45) is 0.839. The van der Waals surface area contributed by atoms with E-state index in [9.17, 15) is 0 Å². The number of furan rings is 1. The number of aromatic nitrogens is 1. The fraction of sp³-hybridized carbons (Fsp3) is 0.0345. The topological polar surface area (TPSA) is 30.5 Å². The number of allylic oxidation sites excluding steroid dienone is 1. The molecule has 3 heterocycles. The number of fused-ring (bicyclic) bond motifs is 8. The van der Waals surface area contributed by atoms with Gasteiger partial charge in [0.1, 0.15) is 22.7 Å². The molecule has 0 saturated carbocycles. The maximum Gasteiger partial charge on any atom is 0.142 e. The fourth-order valence-corrected chi connectivity index (χ4v) is 9.40. The second kappa shape index (κ2) is 14.6. The van der Waals surface area contributed by atoms with Gasteiger partial charge in [-0.2, -0.15) is 0 Å². The lowest BCUT2D eigenvalue weighted by Gasteiger charge is -2.26. The van der Waals surface area contributed by atoms with Crippen molar-refractivity contribution in [3.63, 3.8) is 0 Å². The van der Waals surface area contributed by atoms with Crippen LogP contribution < -0.4 is 9.64 Å². The molecule has 0 amide bonds. The van der Waals surface area contributed by atoms with E-state index in [2.05, 4.69) is 223 Å². The molecule has 0 unspecified atom stereocenters.